The van der Waals surface area contributed by atoms with Gasteiger partial charge in [-0.1, -0.05) is 19.1 Å². The normalized spacial score (nSPS) is 17.6. The topological polar surface area (TPSA) is 56.5 Å². The van der Waals surface area contributed by atoms with Gasteiger partial charge >= 0.3 is 0 Å². The molecule has 1 aromatic heterocycles. The van der Waals surface area contributed by atoms with Crippen LogP contribution in [0.15, 0.2) is 24.3 Å². The highest BCUT2D eigenvalue weighted by atomic mass is 16.7. The minimum atomic E-state index is -0.500. The van der Waals surface area contributed by atoms with Gasteiger partial charge in [-0.2, -0.15) is 0 Å². The highest BCUT2D eigenvalue weighted by Gasteiger charge is 2.22. The molecule has 0 spiro atoms. The van der Waals surface area contributed by atoms with E-state index in [2.05, 4.69) is 22.5 Å². The number of aliphatic hydroxyl groups is 1. The van der Waals surface area contributed by atoms with Crippen LogP contribution in [0.1, 0.15) is 25.6 Å². The number of imidazole rings is 1. The van der Waals surface area contributed by atoms with E-state index in [4.69, 9.17) is 9.47 Å². The van der Waals surface area contributed by atoms with Crippen LogP contribution in [0.25, 0.3) is 11.0 Å². The largest absolute Gasteiger partial charge is 0.392 e. The Morgan fingerprint density at radius 1 is 1.33 bits per heavy atom. The smallest absolute Gasteiger partial charge is 0.160 e. The van der Waals surface area contributed by atoms with E-state index < -0.39 is 6.10 Å². The van der Waals surface area contributed by atoms with E-state index in [1.165, 1.54) is 0 Å². The third-order valence-corrected chi connectivity index (χ3v) is 3.75. The van der Waals surface area contributed by atoms with Gasteiger partial charge in [-0.3, -0.25) is 0 Å². The fourth-order valence-electron chi connectivity index (χ4n) is 2.81. The maximum Gasteiger partial charge on any atom is 0.160 e. The number of rotatable bonds is 6. The molecule has 2 aromatic rings. The Morgan fingerprint density at radius 3 is 2.86 bits per heavy atom. The molecule has 0 saturated carbocycles. The Balaban J connectivity index is 1.76. The van der Waals surface area contributed by atoms with Crippen LogP contribution in [0.4, 0.5) is 0 Å². The Morgan fingerprint density at radius 2 is 2.10 bits per heavy atom. The average Bonchev–Trinajstić information content (AvgIpc) is 3.08. The summed E-state index contributed by atoms with van der Waals surface area (Å²) >= 11 is 0. The molecule has 1 unspecified atom stereocenters. The number of ether oxygens (including phenoxy) is 2. The van der Waals surface area contributed by atoms with Crippen molar-refractivity contribution >= 4 is 11.0 Å². The minimum absolute atomic E-state index is 0.274. The summed E-state index contributed by atoms with van der Waals surface area (Å²) in [5.41, 5.74) is 2.12. The van der Waals surface area contributed by atoms with Gasteiger partial charge in [0.25, 0.3) is 0 Å². The average molecular weight is 290 g/mol. The van der Waals surface area contributed by atoms with Gasteiger partial charge in [-0.25, -0.2) is 4.98 Å². The van der Waals surface area contributed by atoms with Gasteiger partial charge < -0.3 is 19.1 Å². The summed E-state index contributed by atoms with van der Waals surface area (Å²) in [4.78, 5) is 4.67. The number of aromatic nitrogens is 2. The molecule has 1 N–H and O–H groups in total. The molecule has 3 rings (SSSR count). The SMILES string of the molecule is CCCn1c(CC(O)CC2OCCO2)nc2ccccc21. The Hall–Kier alpha value is -1.43. The van der Waals surface area contributed by atoms with Crippen LogP contribution >= 0.6 is 0 Å². The van der Waals surface area contributed by atoms with Crippen molar-refractivity contribution < 1.29 is 14.6 Å². The number of nitrogens with zero attached hydrogens (tertiary/aromatic N) is 2. The van der Waals surface area contributed by atoms with Crippen molar-refractivity contribution in [1.82, 2.24) is 9.55 Å². The molecule has 1 aliphatic rings. The fraction of sp³-hybridized carbons (Fsp3) is 0.562. The Kier molecular flexibility index (Phi) is 4.53. The van der Waals surface area contributed by atoms with Crippen molar-refractivity contribution in [2.45, 2.75) is 45.1 Å². The van der Waals surface area contributed by atoms with E-state index in [0.717, 1.165) is 29.8 Å². The predicted octanol–water partition coefficient (Wildman–Crippen LogP) is 2.11. The fourth-order valence-corrected chi connectivity index (χ4v) is 2.81. The zero-order chi connectivity index (χ0) is 14.7. The van der Waals surface area contributed by atoms with E-state index in [-0.39, 0.29) is 6.29 Å². The van der Waals surface area contributed by atoms with E-state index in [1.807, 2.05) is 18.2 Å². The molecule has 1 aliphatic heterocycles. The number of aryl methyl sites for hydroxylation is 1. The third kappa shape index (κ3) is 3.26. The van der Waals surface area contributed by atoms with E-state index in [9.17, 15) is 5.11 Å². The van der Waals surface area contributed by atoms with Crippen molar-refractivity contribution in [2.75, 3.05) is 13.2 Å². The zero-order valence-corrected chi connectivity index (χ0v) is 12.4. The molecule has 1 aromatic carbocycles. The molecule has 0 bridgehead atoms. The number of hydrogen-bond donors (Lipinski definition) is 1. The molecule has 114 valence electrons. The molecule has 1 atom stereocenters. The van der Waals surface area contributed by atoms with Gasteiger partial charge in [0.1, 0.15) is 5.82 Å². The lowest BCUT2D eigenvalue weighted by Gasteiger charge is -2.15. The molecule has 1 saturated heterocycles. The molecule has 0 aliphatic carbocycles. The number of aliphatic hydroxyl groups excluding tert-OH is 1. The summed E-state index contributed by atoms with van der Waals surface area (Å²) in [7, 11) is 0. The summed E-state index contributed by atoms with van der Waals surface area (Å²) in [6, 6.07) is 8.11. The standard InChI is InChI=1S/C16H22N2O3/c1-2-7-18-14-6-4-3-5-13(14)17-15(18)10-12(19)11-16-20-8-9-21-16/h3-6,12,16,19H,2,7-11H2,1H3. The monoisotopic (exact) mass is 290 g/mol. The van der Waals surface area contributed by atoms with Crippen molar-refractivity contribution in [3.63, 3.8) is 0 Å². The van der Waals surface area contributed by atoms with Gasteiger partial charge in [0.15, 0.2) is 6.29 Å². The van der Waals surface area contributed by atoms with Crippen LogP contribution in [0.2, 0.25) is 0 Å². The van der Waals surface area contributed by atoms with Gasteiger partial charge in [-0.05, 0) is 18.6 Å². The lowest BCUT2D eigenvalue weighted by molar-refractivity contribution is -0.0701. The maximum atomic E-state index is 10.3. The summed E-state index contributed by atoms with van der Waals surface area (Å²) in [5, 5.41) is 10.3. The number of fused-ring (bicyclic) bond motifs is 1. The van der Waals surface area contributed by atoms with Gasteiger partial charge in [0.05, 0.1) is 30.4 Å². The summed E-state index contributed by atoms with van der Waals surface area (Å²) in [6.07, 6.45) is 1.29. The second kappa shape index (κ2) is 6.56. The summed E-state index contributed by atoms with van der Waals surface area (Å²) in [5.74, 6) is 0.934. The maximum absolute atomic E-state index is 10.3. The van der Waals surface area contributed by atoms with E-state index in [0.29, 0.717) is 26.1 Å². The van der Waals surface area contributed by atoms with Crippen LogP contribution in [0.3, 0.4) is 0 Å². The molecule has 5 nitrogen and oxygen atoms in total. The first kappa shape index (κ1) is 14.5. The van der Waals surface area contributed by atoms with Crippen LogP contribution in [0.5, 0.6) is 0 Å². The highest BCUT2D eigenvalue weighted by molar-refractivity contribution is 5.75. The quantitative estimate of drug-likeness (QED) is 0.885. The molecule has 2 heterocycles. The first-order chi connectivity index (χ1) is 10.3. The second-order valence-electron chi connectivity index (χ2n) is 5.43. The summed E-state index contributed by atoms with van der Waals surface area (Å²) < 4.78 is 13.0. The second-order valence-corrected chi connectivity index (χ2v) is 5.43. The first-order valence-electron chi connectivity index (χ1n) is 7.63. The summed E-state index contributed by atoms with van der Waals surface area (Å²) in [6.45, 7) is 4.30. The van der Waals surface area contributed by atoms with Crippen LogP contribution < -0.4 is 0 Å². The van der Waals surface area contributed by atoms with Crippen LogP contribution in [-0.2, 0) is 22.4 Å². The number of benzene rings is 1. The van der Waals surface area contributed by atoms with Gasteiger partial charge in [0, 0.05) is 19.4 Å². The van der Waals surface area contributed by atoms with Gasteiger partial charge in [0.2, 0.25) is 0 Å². The van der Waals surface area contributed by atoms with Crippen molar-refractivity contribution in [3.8, 4) is 0 Å². The number of para-hydroxylation sites is 2. The molecule has 5 heteroatoms. The zero-order valence-electron chi connectivity index (χ0n) is 12.4. The first-order valence-corrected chi connectivity index (χ1v) is 7.63. The van der Waals surface area contributed by atoms with E-state index in [1.54, 1.807) is 0 Å². The Labute approximate surface area is 124 Å². The molecule has 21 heavy (non-hydrogen) atoms. The minimum Gasteiger partial charge on any atom is -0.392 e. The highest BCUT2D eigenvalue weighted by Crippen LogP contribution is 2.19. The lowest BCUT2D eigenvalue weighted by atomic mass is 10.1. The molecule has 0 radical (unpaired) electrons. The van der Waals surface area contributed by atoms with E-state index >= 15 is 0 Å². The molecule has 1 fully saturated rings. The van der Waals surface area contributed by atoms with Crippen LogP contribution in [0, 0.1) is 0 Å². The molecular weight excluding hydrogens is 268 g/mol. The van der Waals surface area contributed by atoms with Crippen molar-refractivity contribution in [2.24, 2.45) is 0 Å². The third-order valence-electron chi connectivity index (χ3n) is 3.75. The predicted molar refractivity (Wildman–Crippen MR) is 80.0 cm³/mol. The van der Waals surface area contributed by atoms with Crippen molar-refractivity contribution in [1.29, 1.82) is 0 Å². The van der Waals surface area contributed by atoms with Crippen molar-refractivity contribution in [3.05, 3.63) is 30.1 Å². The molecular formula is C16H22N2O3. The number of hydrogen-bond acceptors (Lipinski definition) is 4. The molecule has 0 amide bonds. The van der Waals surface area contributed by atoms with Crippen LogP contribution in [-0.4, -0.2) is 40.3 Å². The van der Waals surface area contributed by atoms with Gasteiger partial charge in [-0.15, -0.1) is 0 Å². The lowest BCUT2D eigenvalue weighted by Crippen LogP contribution is -2.22. The Bertz CT molecular complexity index is 590.